The van der Waals surface area contributed by atoms with Crippen LogP contribution < -0.4 is 0 Å². The van der Waals surface area contributed by atoms with E-state index in [9.17, 15) is 4.79 Å². The third-order valence-corrected chi connectivity index (χ3v) is 4.24. The van der Waals surface area contributed by atoms with E-state index >= 15 is 0 Å². The SMILES string of the molecule is [2H]C([2H])([2H])C([2H])([2H])OC(=O)CCCC#CC#CCCCCCCCCCCCCCC. The molecule has 0 aliphatic rings. The molecule has 0 aromatic heterocycles. The topological polar surface area (TPSA) is 26.3 Å². The molecular weight excluding hydrogens is 320 g/mol. The zero-order valence-electron chi connectivity index (χ0n) is 21.6. The molecule has 0 amide bonds. The highest BCUT2D eigenvalue weighted by Crippen LogP contribution is 2.12. The van der Waals surface area contributed by atoms with E-state index in [1.165, 1.54) is 70.6 Å². The van der Waals surface area contributed by atoms with E-state index < -0.39 is 19.4 Å². The Kier molecular flexibility index (Phi) is 13.9. The van der Waals surface area contributed by atoms with Gasteiger partial charge in [0, 0.05) is 23.4 Å². The van der Waals surface area contributed by atoms with Crippen LogP contribution in [0.3, 0.4) is 0 Å². The summed E-state index contributed by atoms with van der Waals surface area (Å²) in [5.74, 6) is 10.6. The molecule has 2 nitrogen and oxygen atoms in total. The van der Waals surface area contributed by atoms with Gasteiger partial charge >= 0.3 is 5.97 Å². The summed E-state index contributed by atoms with van der Waals surface area (Å²) in [6, 6.07) is 0. The van der Waals surface area contributed by atoms with Crippen molar-refractivity contribution < 1.29 is 16.4 Å². The first-order valence-corrected chi connectivity index (χ1v) is 10.4. The Morgan fingerprint density at radius 3 is 1.85 bits per heavy atom. The Balaban J connectivity index is 3.57. The second kappa shape index (κ2) is 21.6. The van der Waals surface area contributed by atoms with Crippen molar-refractivity contribution in [1.82, 2.24) is 0 Å². The zero-order chi connectivity index (χ0) is 23.4. The van der Waals surface area contributed by atoms with Gasteiger partial charge in [0.05, 0.1) is 9.30 Å². The molecular formula is C24H40O2. The van der Waals surface area contributed by atoms with Crippen LogP contribution in [-0.4, -0.2) is 12.5 Å². The summed E-state index contributed by atoms with van der Waals surface area (Å²) in [5, 5.41) is 0. The van der Waals surface area contributed by atoms with Gasteiger partial charge in [-0.2, -0.15) is 0 Å². The maximum Gasteiger partial charge on any atom is 0.305 e. The van der Waals surface area contributed by atoms with E-state index in [-0.39, 0.29) is 6.42 Å². The van der Waals surface area contributed by atoms with Crippen molar-refractivity contribution in [3.63, 3.8) is 0 Å². The predicted octanol–water partition coefficient (Wildman–Crippen LogP) is 6.82. The van der Waals surface area contributed by atoms with Crippen molar-refractivity contribution in [2.45, 2.75) is 117 Å². The first kappa shape index (κ1) is 16.7. The van der Waals surface area contributed by atoms with Crippen molar-refractivity contribution in [3.8, 4) is 23.7 Å². The van der Waals surface area contributed by atoms with Crippen LogP contribution in [0.15, 0.2) is 0 Å². The van der Waals surface area contributed by atoms with E-state index in [4.69, 9.17) is 6.85 Å². The van der Waals surface area contributed by atoms with Crippen LogP contribution >= 0.6 is 0 Å². The smallest absolute Gasteiger partial charge is 0.305 e. The van der Waals surface area contributed by atoms with E-state index in [1.807, 2.05) is 0 Å². The molecule has 0 aromatic carbocycles. The van der Waals surface area contributed by atoms with Gasteiger partial charge in [-0.15, -0.1) is 0 Å². The van der Waals surface area contributed by atoms with Crippen LogP contribution in [-0.2, 0) is 9.53 Å². The molecule has 26 heavy (non-hydrogen) atoms. The second-order valence-corrected chi connectivity index (χ2v) is 6.67. The standard InChI is InChI=1S/C24H40O2/c1-3-5-6-7-8-9-10-11-12-13-14-15-16-17-18-19-20-21-22-23-24(25)26-4-2/h3-16,21-23H2,1-2H3/i2D3,4D2. The number of hydrogen-bond donors (Lipinski definition) is 0. The largest absolute Gasteiger partial charge is 0.466 e. The Hall–Kier alpha value is -1.41. The van der Waals surface area contributed by atoms with Crippen molar-refractivity contribution in [1.29, 1.82) is 0 Å². The number of unbranched alkanes of at least 4 members (excludes halogenated alkanes) is 13. The monoisotopic (exact) mass is 365 g/mol. The normalized spacial score (nSPS) is 13.7. The fourth-order valence-corrected chi connectivity index (χ4v) is 2.70. The molecule has 0 heterocycles. The molecule has 0 fully saturated rings. The van der Waals surface area contributed by atoms with Gasteiger partial charge in [0.25, 0.3) is 0 Å². The summed E-state index contributed by atoms with van der Waals surface area (Å²) in [6.45, 7) is -3.71. The molecule has 0 N–H and O–H groups in total. The summed E-state index contributed by atoms with van der Waals surface area (Å²) in [7, 11) is 0. The zero-order valence-corrected chi connectivity index (χ0v) is 16.6. The average Bonchev–Trinajstić information content (AvgIpc) is 2.68. The molecule has 148 valence electrons. The molecule has 0 aliphatic heterocycles. The molecule has 0 bridgehead atoms. The van der Waals surface area contributed by atoms with Gasteiger partial charge in [-0.25, -0.2) is 0 Å². The molecule has 0 spiro atoms. The molecule has 0 saturated heterocycles. The van der Waals surface area contributed by atoms with E-state index in [2.05, 4.69) is 35.3 Å². The van der Waals surface area contributed by atoms with Gasteiger partial charge < -0.3 is 4.74 Å². The van der Waals surface area contributed by atoms with Gasteiger partial charge in [-0.3, -0.25) is 4.79 Å². The minimum atomic E-state index is -2.99. The van der Waals surface area contributed by atoms with Gasteiger partial charge in [0.15, 0.2) is 0 Å². The number of esters is 1. The molecule has 0 aromatic rings. The fourth-order valence-electron chi connectivity index (χ4n) is 2.70. The third kappa shape index (κ3) is 20.6. The Labute approximate surface area is 169 Å². The summed E-state index contributed by atoms with van der Waals surface area (Å²) < 4.78 is 39.8. The van der Waals surface area contributed by atoms with Gasteiger partial charge in [0.1, 0.15) is 0 Å². The van der Waals surface area contributed by atoms with Crippen LogP contribution in [0.25, 0.3) is 0 Å². The highest BCUT2D eigenvalue weighted by Gasteiger charge is 1.98. The molecule has 0 rings (SSSR count). The Bertz CT molecular complexity index is 591. The molecule has 2 heteroatoms. The predicted molar refractivity (Wildman–Crippen MR) is 112 cm³/mol. The first-order chi connectivity index (χ1) is 14.7. The van der Waals surface area contributed by atoms with Crippen LogP contribution in [0.5, 0.6) is 0 Å². The minimum Gasteiger partial charge on any atom is -0.466 e. The minimum absolute atomic E-state index is 0.0729. The highest BCUT2D eigenvalue weighted by molar-refractivity contribution is 5.69. The number of carbonyl (C=O) groups is 1. The number of hydrogen-bond acceptors (Lipinski definition) is 2. The quantitative estimate of drug-likeness (QED) is 0.170. The summed E-state index contributed by atoms with van der Waals surface area (Å²) in [5.41, 5.74) is 0. The van der Waals surface area contributed by atoms with Crippen LogP contribution in [0, 0.1) is 23.7 Å². The molecule has 0 radical (unpaired) electrons. The number of ether oxygens (including phenoxy) is 1. The second-order valence-electron chi connectivity index (χ2n) is 6.67. The number of carbonyl (C=O) groups excluding carboxylic acids is 1. The fraction of sp³-hybridized carbons (Fsp3) is 0.792. The lowest BCUT2D eigenvalue weighted by Crippen LogP contribution is -2.02. The van der Waals surface area contributed by atoms with Gasteiger partial charge in [-0.1, -0.05) is 89.4 Å². The van der Waals surface area contributed by atoms with Gasteiger partial charge in [-0.05, 0) is 31.5 Å². The van der Waals surface area contributed by atoms with Crippen LogP contribution in [0.2, 0.25) is 0 Å². The Morgan fingerprint density at radius 2 is 1.31 bits per heavy atom. The van der Waals surface area contributed by atoms with Gasteiger partial charge in [0.2, 0.25) is 0 Å². The van der Waals surface area contributed by atoms with Crippen LogP contribution in [0.1, 0.15) is 123 Å². The van der Waals surface area contributed by atoms with Crippen molar-refractivity contribution in [3.05, 3.63) is 0 Å². The molecule has 0 unspecified atom stereocenters. The van der Waals surface area contributed by atoms with Crippen molar-refractivity contribution in [2.24, 2.45) is 0 Å². The van der Waals surface area contributed by atoms with E-state index in [0.29, 0.717) is 12.8 Å². The van der Waals surface area contributed by atoms with Crippen molar-refractivity contribution >= 4 is 5.97 Å². The first-order valence-electron chi connectivity index (χ1n) is 12.9. The summed E-state index contributed by atoms with van der Waals surface area (Å²) in [6.07, 6.45) is 17.5. The maximum atomic E-state index is 11.5. The lowest BCUT2D eigenvalue weighted by Gasteiger charge is -2.01. The lowest BCUT2D eigenvalue weighted by atomic mass is 10.0. The summed E-state index contributed by atoms with van der Waals surface area (Å²) >= 11 is 0. The molecule has 0 aliphatic carbocycles. The molecule has 0 atom stereocenters. The lowest BCUT2D eigenvalue weighted by molar-refractivity contribution is -0.143. The van der Waals surface area contributed by atoms with E-state index in [1.54, 1.807) is 0 Å². The third-order valence-electron chi connectivity index (χ3n) is 4.24. The van der Waals surface area contributed by atoms with E-state index in [0.717, 1.165) is 12.8 Å². The number of rotatable bonds is 16. The van der Waals surface area contributed by atoms with Crippen molar-refractivity contribution in [2.75, 3.05) is 6.56 Å². The highest BCUT2D eigenvalue weighted by atomic mass is 16.5. The average molecular weight is 366 g/mol. The summed E-state index contributed by atoms with van der Waals surface area (Å²) in [4.78, 5) is 11.5. The Morgan fingerprint density at radius 1 is 0.808 bits per heavy atom. The maximum absolute atomic E-state index is 11.5. The van der Waals surface area contributed by atoms with Crippen LogP contribution in [0.4, 0.5) is 0 Å². The molecule has 0 saturated carbocycles.